The molecule has 1 heterocycles. The number of nitrogens with one attached hydrogen (secondary N) is 1. The minimum Gasteiger partial charge on any atom is -0.326 e. The highest BCUT2D eigenvalue weighted by Crippen LogP contribution is 2.33. The zero-order valence-corrected chi connectivity index (χ0v) is 18.7. The highest BCUT2D eigenvalue weighted by molar-refractivity contribution is 7.89. The van der Waals surface area contributed by atoms with Gasteiger partial charge in [0.25, 0.3) is 0 Å². The third-order valence-corrected chi connectivity index (χ3v) is 8.04. The van der Waals surface area contributed by atoms with Gasteiger partial charge in [0, 0.05) is 24.7 Å². The third-order valence-electron chi connectivity index (χ3n) is 5.18. The van der Waals surface area contributed by atoms with Gasteiger partial charge in [-0.25, -0.2) is 8.42 Å². The molecule has 1 amide bonds. The fourth-order valence-electron chi connectivity index (χ4n) is 3.57. The summed E-state index contributed by atoms with van der Waals surface area (Å²) in [4.78, 5) is 12.7. The summed E-state index contributed by atoms with van der Waals surface area (Å²) in [6.07, 6.45) is 0.883. The molecule has 0 saturated carbocycles. The van der Waals surface area contributed by atoms with Gasteiger partial charge in [-0.3, -0.25) is 4.79 Å². The van der Waals surface area contributed by atoms with E-state index in [1.54, 1.807) is 6.07 Å². The van der Waals surface area contributed by atoms with Crippen molar-refractivity contribution in [1.29, 1.82) is 0 Å². The first-order valence-corrected chi connectivity index (χ1v) is 11.8. The Labute approximate surface area is 182 Å². The van der Waals surface area contributed by atoms with E-state index in [4.69, 9.17) is 23.2 Å². The summed E-state index contributed by atoms with van der Waals surface area (Å²) in [5, 5.41) is 3.22. The molecule has 8 heteroatoms. The predicted octanol–water partition coefficient (Wildman–Crippen LogP) is 5.16. The second-order valence-electron chi connectivity index (χ2n) is 7.46. The van der Waals surface area contributed by atoms with Crippen LogP contribution in [-0.4, -0.2) is 31.7 Å². The molecule has 0 aromatic heterocycles. The Morgan fingerprint density at radius 2 is 1.62 bits per heavy atom. The lowest BCUT2D eigenvalue weighted by atomic mass is 9.96. The molecule has 5 nitrogen and oxygen atoms in total. The SMILES string of the molecule is CC(C)c1ccccc1NC(=O)C1CCN(S(=O)(=O)c2c(Cl)cccc2Cl)CC1. The van der Waals surface area contributed by atoms with E-state index >= 15 is 0 Å². The summed E-state index contributed by atoms with van der Waals surface area (Å²) in [7, 11) is -3.81. The van der Waals surface area contributed by atoms with Gasteiger partial charge in [0.2, 0.25) is 15.9 Å². The van der Waals surface area contributed by atoms with Crippen LogP contribution >= 0.6 is 23.2 Å². The minimum atomic E-state index is -3.81. The molecule has 0 radical (unpaired) electrons. The van der Waals surface area contributed by atoms with Crippen molar-refractivity contribution in [3.8, 4) is 0 Å². The van der Waals surface area contributed by atoms with Crippen LogP contribution in [0.15, 0.2) is 47.4 Å². The second kappa shape index (κ2) is 9.04. The number of nitrogens with zero attached hydrogens (tertiary/aromatic N) is 1. The van der Waals surface area contributed by atoms with Crippen molar-refractivity contribution in [2.24, 2.45) is 5.92 Å². The maximum Gasteiger partial charge on any atom is 0.246 e. The zero-order valence-electron chi connectivity index (χ0n) is 16.4. The van der Waals surface area contributed by atoms with Crippen LogP contribution in [0.3, 0.4) is 0 Å². The number of halogens is 2. The summed E-state index contributed by atoms with van der Waals surface area (Å²) in [5.74, 6) is -0.0341. The van der Waals surface area contributed by atoms with E-state index in [0.29, 0.717) is 18.8 Å². The number of carbonyl (C=O) groups excluding carboxylic acids is 1. The van der Waals surface area contributed by atoms with Crippen LogP contribution in [0.2, 0.25) is 10.0 Å². The van der Waals surface area contributed by atoms with Crippen molar-refractivity contribution in [3.63, 3.8) is 0 Å². The average molecular weight is 455 g/mol. The fourth-order valence-corrected chi connectivity index (χ4v) is 6.13. The normalized spacial score (nSPS) is 16.2. The predicted molar refractivity (Wildman–Crippen MR) is 117 cm³/mol. The van der Waals surface area contributed by atoms with E-state index in [1.165, 1.54) is 16.4 Å². The van der Waals surface area contributed by atoms with E-state index in [0.717, 1.165) is 11.3 Å². The van der Waals surface area contributed by atoms with Gasteiger partial charge in [0.05, 0.1) is 10.0 Å². The van der Waals surface area contributed by atoms with Gasteiger partial charge >= 0.3 is 0 Å². The molecule has 29 heavy (non-hydrogen) atoms. The first kappa shape index (κ1) is 22.1. The lowest BCUT2D eigenvalue weighted by molar-refractivity contribution is -0.120. The van der Waals surface area contributed by atoms with Gasteiger partial charge < -0.3 is 5.32 Å². The van der Waals surface area contributed by atoms with Gasteiger partial charge in [-0.15, -0.1) is 0 Å². The van der Waals surface area contributed by atoms with Crippen LogP contribution in [-0.2, 0) is 14.8 Å². The van der Waals surface area contributed by atoms with Crippen LogP contribution in [0, 0.1) is 5.92 Å². The van der Waals surface area contributed by atoms with Crippen molar-refractivity contribution in [2.75, 3.05) is 18.4 Å². The number of piperidine rings is 1. The fraction of sp³-hybridized carbons (Fsp3) is 0.381. The molecular weight excluding hydrogens is 431 g/mol. The summed E-state index contributed by atoms with van der Waals surface area (Å²) in [5.41, 5.74) is 1.89. The summed E-state index contributed by atoms with van der Waals surface area (Å²) in [6.45, 7) is 4.64. The van der Waals surface area contributed by atoms with Crippen molar-refractivity contribution in [1.82, 2.24) is 4.31 Å². The number of hydrogen-bond acceptors (Lipinski definition) is 3. The summed E-state index contributed by atoms with van der Waals surface area (Å²) in [6, 6.07) is 12.4. The Morgan fingerprint density at radius 1 is 1.03 bits per heavy atom. The molecule has 0 atom stereocenters. The quantitative estimate of drug-likeness (QED) is 0.678. The number of rotatable bonds is 5. The molecule has 1 N–H and O–H groups in total. The lowest BCUT2D eigenvalue weighted by Gasteiger charge is -2.31. The van der Waals surface area contributed by atoms with Gasteiger partial charge in [-0.1, -0.05) is 61.3 Å². The standard InChI is InChI=1S/C21H24Cl2N2O3S/c1-14(2)16-6-3-4-9-19(16)24-21(26)15-10-12-25(13-11-15)29(27,28)20-17(22)7-5-8-18(20)23/h3-9,14-15H,10-13H2,1-2H3,(H,24,26). The molecule has 1 aliphatic heterocycles. The molecule has 1 aliphatic rings. The molecule has 0 spiro atoms. The molecule has 2 aromatic rings. The molecule has 1 saturated heterocycles. The number of para-hydroxylation sites is 1. The molecule has 0 bridgehead atoms. The molecule has 0 aliphatic carbocycles. The number of sulfonamides is 1. The van der Waals surface area contributed by atoms with Crippen LogP contribution in [0.1, 0.15) is 38.2 Å². The molecule has 0 unspecified atom stereocenters. The summed E-state index contributed by atoms with van der Waals surface area (Å²) >= 11 is 12.2. The number of amides is 1. The number of benzene rings is 2. The minimum absolute atomic E-state index is 0.0721. The van der Waals surface area contributed by atoms with E-state index in [2.05, 4.69) is 19.2 Å². The highest BCUT2D eigenvalue weighted by Gasteiger charge is 2.34. The number of hydrogen-bond donors (Lipinski definition) is 1. The molecule has 156 valence electrons. The van der Waals surface area contributed by atoms with Gasteiger partial charge in [0.1, 0.15) is 4.90 Å². The maximum atomic E-state index is 13.0. The van der Waals surface area contributed by atoms with Gasteiger partial charge in [0.15, 0.2) is 0 Å². The molecule has 2 aromatic carbocycles. The first-order chi connectivity index (χ1) is 13.7. The zero-order chi connectivity index (χ0) is 21.2. The second-order valence-corrected chi connectivity index (χ2v) is 10.1. The van der Waals surface area contributed by atoms with Crippen molar-refractivity contribution in [2.45, 2.75) is 37.5 Å². The van der Waals surface area contributed by atoms with E-state index in [9.17, 15) is 13.2 Å². The monoisotopic (exact) mass is 454 g/mol. The largest absolute Gasteiger partial charge is 0.326 e. The topological polar surface area (TPSA) is 66.5 Å². The van der Waals surface area contributed by atoms with E-state index in [1.807, 2.05) is 24.3 Å². The van der Waals surface area contributed by atoms with Crippen molar-refractivity contribution < 1.29 is 13.2 Å². The smallest absolute Gasteiger partial charge is 0.246 e. The van der Waals surface area contributed by atoms with Crippen LogP contribution in [0.5, 0.6) is 0 Å². The van der Waals surface area contributed by atoms with Crippen LogP contribution in [0.4, 0.5) is 5.69 Å². The van der Waals surface area contributed by atoms with E-state index in [-0.39, 0.29) is 39.9 Å². The number of carbonyl (C=O) groups is 1. The Balaban J connectivity index is 1.69. The third kappa shape index (κ3) is 4.77. The molecule has 1 fully saturated rings. The van der Waals surface area contributed by atoms with Crippen molar-refractivity contribution in [3.05, 3.63) is 58.1 Å². The van der Waals surface area contributed by atoms with E-state index < -0.39 is 10.0 Å². The van der Waals surface area contributed by atoms with Crippen LogP contribution in [0.25, 0.3) is 0 Å². The summed E-state index contributed by atoms with van der Waals surface area (Å²) < 4.78 is 27.3. The molecule has 3 rings (SSSR count). The average Bonchev–Trinajstić information content (AvgIpc) is 2.68. The van der Waals surface area contributed by atoms with Crippen molar-refractivity contribution >= 4 is 44.8 Å². The molecular formula is C21H24Cl2N2O3S. The maximum absolute atomic E-state index is 13.0. The van der Waals surface area contributed by atoms with Gasteiger partial charge in [-0.2, -0.15) is 4.31 Å². The Morgan fingerprint density at radius 3 is 2.21 bits per heavy atom. The van der Waals surface area contributed by atoms with Crippen LogP contribution < -0.4 is 5.32 Å². The first-order valence-electron chi connectivity index (χ1n) is 9.55. The Kier molecular flexibility index (Phi) is 6.89. The highest BCUT2D eigenvalue weighted by atomic mass is 35.5. The lowest BCUT2D eigenvalue weighted by Crippen LogP contribution is -2.41. The number of anilines is 1. The van der Waals surface area contributed by atoms with Gasteiger partial charge in [-0.05, 0) is 42.5 Å². The Hall–Kier alpha value is -1.60. The Bertz CT molecular complexity index is 980.